The van der Waals surface area contributed by atoms with Gasteiger partial charge in [-0.1, -0.05) is 6.07 Å². The van der Waals surface area contributed by atoms with E-state index in [0.717, 1.165) is 57.6 Å². The Bertz CT molecular complexity index is 550. The van der Waals surface area contributed by atoms with Crippen LogP contribution in [0.15, 0.2) is 18.2 Å². The fraction of sp³-hybridized carbons (Fsp3) is 0.611. The second-order valence-electron chi connectivity index (χ2n) is 6.61. The van der Waals surface area contributed by atoms with Gasteiger partial charge in [0.15, 0.2) is 0 Å². The van der Waals surface area contributed by atoms with Gasteiger partial charge < -0.3 is 10.1 Å². The number of hydrogen-bond acceptors (Lipinski definition) is 3. The third-order valence-electron chi connectivity index (χ3n) is 4.96. The molecule has 0 radical (unpaired) electrons. The Kier molecular flexibility index (Phi) is 5.28. The van der Waals surface area contributed by atoms with Crippen molar-refractivity contribution in [1.82, 2.24) is 10.2 Å². The summed E-state index contributed by atoms with van der Waals surface area (Å²) in [4.78, 5) is 14.8. The highest BCUT2D eigenvalue weighted by Crippen LogP contribution is 2.24. The summed E-state index contributed by atoms with van der Waals surface area (Å²) in [5.74, 6) is -0.734. The van der Waals surface area contributed by atoms with Crippen molar-refractivity contribution in [3.05, 3.63) is 35.1 Å². The molecule has 0 spiro atoms. The number of hydrogen-bond donors (Lipinski definition) is 1. The fourth-order valence-corrected chi connectivity index (χ4v) is 3.60. The summed E-state index contributed by atoms with van der Waals surface area (Å²) < 4.78 is 19.3. The molecule has 1 aliphatic heterocycles. The summed E-state index contributed by atoms with van der Waals surface area (Å²) >= 11 is 0. The first-order chi connectivity index (χ1) is 11.1. The largest absolute Gasteiger partial charge is 0.379 e. The number of rotatable bonds is 3. The highest BCUT2D eigenvalue weighted by atomic mass is 19.1. The number of carbonyl (C=O) groups is 1. The second-order valence-corrected chi connectivity index (χ2v) is 6.61. The summed E-state index contributed by atoms with van der Waals surface area (Å²) in [5, 5.41) is 3.00. The lowest BCUT2D eigenvalue weighted by Gasteiger charge is -2.38. The molecule has 1 N–H and O–H groups in total. The summed E-state index contributed by atoms with van der Waals surface area (Å²) in [6, 6.07) is 5.50. The number of amides is 1. The van der Waals surface area contributed by atoms with Crippen molar-refractivity contribution in [2.45, 2.75) is 44.7 Å². The summed E-state index contributed by atoms with van der Waals surface area (Å²) in [6.07, 6.45) is 4.09. The smallest absolute Gasteiger partial charge is 0.254 e. The first kappa shape index (κ1) is 16.4. The molecule has 2 fully saturated rings. The monoisotopic (exact) mass is 320 g/mol. The van der Waals surface area contributed by atoms with Crippen LogP contribution in [0.3, 0.4) is 0 Å². The Morgan fingerprint density at radius 3 is 2.57 bits per heavy atom. The maximum atomic E-state index is 13.9. The molecular formula is C18H25FN2O2. The molecule has 2 aliphatic rings. The van der Waals surface area contributed by atoms with Crippen molar-refractivity contribution >= 4 is 5.91 Å². The molecule has 23 heavy (non-hydrogen) atoms. The average molecular weight is 320 g/mol. The molecule has 0 aromatic heterocycles. The number of nitrogens with zero attached hydrogens (tertiary/aromatic N) is 1. The molecule has 5 heteroatoms. The fourth-order valence-electron chi connectivity index (χ4n) is 3.60. The van der Waals surface area contributed by atoms with Gasteiger partial charge in [-0.3, -0.25) is 9.69 Å². The first-order valence-electron chi connectivity index (χ1n) is 8.52. The van der Waals surface area contributed by atoms with Crippen molar-refractivity contribution in [2.24, 2.45) is 0 Å². The van der Waals surface area contributed by atoms with Crippen LogP contribution in [0.5, 0.6) is 0 Å². The van der Waals surface area contributed by atoms with Crippen LogP contribution < -0.4 is 5.32 Å². The highest BCUT2D eigenvalue weighted by molar-refractivity contribution is 5.94. The van der Waals surface area contributed by atoms with Crippen molar-refractivity contribution < 1.29 is 13.9 Å². The Morgan fingerprint density at radius 2 is 1.91 bits per heavy atom. The first-order valence-corrected chi connectivity index (χ1v) is 8.52. The zero-order valence-electron chi connectivity index (χ0n) is 13.7. The second kappa shape index (κ2) is 7.41. The van der Waals surface area contributed by atoms with E-state index in [2.05, 4.69) is 10.2 Å². The molecule has 4 nitrogen and oxygen atoms in total. The number of ether oxygens (including phenoxy) is 1. The van der Waals surface area contributed by atoms with E-state index in [1.807, 2.05) is 6.92 Å². The van der Waals surface area contributed by atoms with Gasteiger partial charge in [0, 0.05) is 25.2 Å². The van der Waals surface area contributed by atoms with Gasteiger partial charge in [-0.15, -0.1) is 0 Å². The molecular weight excluding hydrogens is 295 g/mol. The van der Waals surface area contributed by atoms with Crippen LogP contribution in [0.1, 0.15) is 41.6 Å². The molecule has 3 rings (SSSR count). The molecule has 0 bridgehead atoms. The lowest BCUT2D eigenvalue weighted by Crippen LogP contribution is -2.47. The van der Waals surface area contributed by atoms with Crippen LogP contribution in [0.25, 0.3) is 0 Å². The molecule has 1 heterocycles. The Hall–Kier alpha value is -1.46. The molecule has 1 aromatic carbocycles. The van der Waals surface area contributed by atoms with E-state index in [9.17, 15) is 9.18 Å². The van der Waals surface area contributed by atoms with Crippen LogP contribution >= 0.6 is 0 Å². The van der Waals surface area contributed by atoms with Gasteiger partial charge in [-0.05, 0) is 50.3 Å². The zero-order chi connectivity index (χ0) is 16.2. The Morgan fingerprint density at radius 1 is 1.22 bits per heavy atom. The van der Waals surface area contributed by atoms with Gasteiger partial charge in [0.1, 0.15) is 5.82 Å². The third kappa shape index (κ3) is 4.09. The van der Waals surface area contributed by atoms with Crippen molar-refractivity contribution in [1.29, 1.82) is 0 Å². The number of halogens is 1. The van der Waals surface area contributed by atoms with Crippen LogP contribution in [0, 0.1) is 12.7 Å². The number of benzene rings is 1. The maximum Gasteiger partial charge on any atom is 0.254 e. The average Bonchev–Trinajstić information content (AvgIpc) is 2.56. The minimum absolute atomic E-state index is 0.144. The molecule has 0 unspecified atom stereocenters. The SMILES string of the molecule is Cc1ccc(C(=O)N[C@H]2CC[C@H](N3CCOCC3)CC2)c(F)c1. The van der Waals surface area contributed by atoms with Crippen molar-refractivity contribution in [3.8, 4) is 0 Å². The quantitative estimate of drug-likeness (QED) is 0.930. The topological polar surface area (TPSA) is 41.6 Å². The maximum absolute atomic E-state index is 13.9. The molecule has 1 saturated heterocycles. The van der Waals surface area contributed by atoms with E-state index in [1.165, 1.54) is 6.07 Å². The third-order valence-corrected chi connectivity index (χ3v) is 4.96. The van der Waals surface area contributed by atoms with Crippen LogP contribution in [0.2, 0.25) is 0 Å². The molecule has 1 saturated carbocycles. The highest BCUT2D eigenvalue weighted by Gasteiger charge is 2.28. The summed E-state index contributed by atoms with van der Waals surface area (Å²) in [6.45, 7) is 5.48. The standard InChI is InChI=1S/C18H25FN2O2/c1-13-2-7-16(17(19)12-13)18(22)20-14-3-5-15(6-4-14)21-8-10-23-11-9-21/h2,7,12,14-15H,3-6,8-11H2,1H3,(H,20,22)/t14-,15-. The Labute approximate surface area is 137 Å². The predicted molar refractivity (Wildman–Crippen MR) is 87.0 cm³/mol. The van der Waals surface area contributed by atoms with E-state index < -0.39 is 5.82 Å². The van der Waals surface area contributed by atoms with Gasteiger partial charge in [0.05, 0.1) is 18.8 Å². The van der Waals surface area contributed by atoms with Gasteiger partial charge >= 0.3 is 0 Å². The van der Waals surface area contributed by atoms with Gasteiger partial charge in [0.25, 0.3) is 5.91 Å². The van der Waals surface area contributed by atoms with E-state index in [1.54, 1.807) is 12.1 Å². The summed E-state index contributed by atoms with van der Waals surface area (Å²) in [5.41, 5.74) is 0.968. The van der Waals surface area contributed by atoms with E-state index in [-0.39, 0.29) is 17.5 Å². The van der Waals surface area contributed by atoms with Crippen LogP contribution in [-0.4, -0.2) is 49.2 Å². The minimum Gasteiger partial charge on any atom is -0.379 e. The van der Waals surface area contributed by atoms with Gasteiger partial charge in [0.2, 0.25) is 0 Å². The van der Waals surface area contributed by atoms with Crippen molar-refractivity contribution in [3.63, 3.8) is 0 Å². The molecule has 1 amide bonds. The van der Waals surface area contributed by atoms with E-state index >= 15 is 0 Å². The molecule has 126 valence electrons. The molecule has 1 aliphatic carbocycles. The van der Waals surface area contributed by atoms with Gasteiger partial charge in [-0.2, -0.15) is 0 Å². The molecule has 0 atom stereocenters. The Balaban J connectivity index is 1.51. The lowest BCUT2D eigenvalue weighted by molar-refractivity contribution is 0.00664. The van der Waals surface area contributed by atoms with Crippen LogP contribution in [0.4, 0.5) is 4.39 Å². The van der Waals surface area contributed by atoms with Crippen molar-refractivity contribution in [2.75, 3.05) is 26.3 Å². The van der Waals surface area contributed by atoms with Gasteiger partial charge in [-0.25, -0.2) is 4.39 Å². The van der Waals surface area contributed by atoms with Crippen LogP contribution in [-0.2, 0) is 4.74 Å². The summed E-state index contributed by atoms with van der Waals surface area (Å²) in [7, 11) is 0. The number of morpholine rings is 1. The predicted octanol–water partition coefficient (Wildman–Crippen LogP) is 2.51. The number of aryl methyl sites for hydroxylation is 1. The van der Waals surface area contributed by atoms with E-state index in [4.69, 9.17) is 4.74 Å². The normalized spacial score (nSPS) is 26.0. The minimum atomic E-state index is -0.440. The van der Waals surface area contributed by atoms with E-state index in [0.29, 0.717) is 6.04 Å². The number of carbonyl (C=O) groups excluding carboxylic acids is 1. The zero-order valence-corrected chi connectivity index (χ0v) is 13.7. The lowest BCUT2D eigenvalue weighted by atomic mass is 9.89. The number of nitrogens with one attached hydrogen (secondary N) is 1. The molecule has 1 aromatic rings.